The van der Waals surface area contributed by atoms with E-state index in [0.717, 1.165) is 31.6 Å². The van der Waals surface area contributed by atoms with E-state index < -0.39 is 0 Å². The molecule has 3 nitrogen and oxygen atoms in total. The molecule has 1 aromatic carbocycles. The number of hydrogen-bond donors (Lipinski definition) is 1. The molecule has 1 aliphatic heterocycles. The van der Waals surface area contributed by atoms with Crippen molar-refractivity contribution in [2.45, 2.75) is 32.1 Å². The minimum Gasteiger partial charge on any atom is -0.493 e. The Morgan fingerprint density at radius 2 is 2.24 bits per heavy atom. The normalized spacial score (nSPS) is 13.2. The minimum absolute atomic E-state index is 0.312. The molecule has 0 unspecified atom stereocenters. The first-order chi connectivity index (χ1) is 8.29. The summed E-state index contributed by atoms with van der Waals surface area (Å²) < 4.78 is 5.45. The molecule has 1 heterocycles. The summed E-state index contributed by atoms with van der Waals surface area (Å²) in [5.41, 5.74) is 7.89. The third-order valence-electron chi connectivity index (χ3n) is 3.11. The summed E-state index contributed by atoms with van der Waals surface area (Å²) in [5.74, 6) is 1.32. The molecular weight excluding hydrogens is 214 g/mol. The fourth-order valence-electron chi connectivity index (χ4n) is 2.10. The zero-order chi connectivity index (χ0) is 12.1. The zero-order valence-electron chi connectivity index (χ0n) is 10.1. The summed E-state index contributed by atoms with van der Waals surface area (Å²) in [4.78, 5) is 11.5. The van der Waals surface area contributed by atoms with Crippen molar-refractivity contribution in [1.29, 1.82) is 0 Å². The van der Waals surface area contributed by atoms with E-state index in [1.807, 2.05) is 6.07 Å². The lowest BCUT2D eigenvalue weighted by Gasteiger charge is -2.04. The summed E-state index contributed by atoms with van der Waals surface area (Å²) in [7, 11) is 0. The molecule has 0 fully saturated rings. The molecule has 0 amide bonds. The molecule has 0 radical (unpaired) electrons. The third-order valence-corrected chi connectivity index (χ3v) is 3.11. The van der Waals surface area contributed by atoms with Gasteiger partial charge in [-0.1, -0.05) is 12.1 Å². The number of hydrogen-bond acceptors (Lipinski definition) is 3. The standard InChI is InChI=1S/C14H19NO2/c15-8-1-2-13(16)5-3-11-4-6-14-12(10-11)7-9-17-14/h4,6,10H,1-3,5,7-9,15H2. The van der Waals surface area contributed by atoms with Crippen molar-refractivity contribution in [3.8, 4) is 5.75 Å². The number of ketones is 1. The first-order valence-electron chi connectivity index (χ1n) is 6.26. The number of nitrogens with two attached hydrogens (primary N) is 1. The second-order valence-electron chi connectivity index (χ2n) is 4.47. The highest BCUT2D eigenvalue weighted by atomic mass is 16.5. The average Bonchev–Trinajstić information content (AvgIpc) is 2.81. The molecule has 1 aliphatic rings. The Balaban J connectivity index is 1.85. The molecule has 0 aromatic heterocycles. The van der Waals surface area contributed by atoms with Crippen molar-refractivity contribution in [3.05, 3.63) is 29.3 Å². The first-order valence-corrected chi connectivity index (χ1v) is 6.26. The van der Waals surface area contributed by atoms with Crippen LogP contribution in [-0.4, -0.2) is 18.9 Å². The van der Waals surface area contributed by atoms with Gasteiger partial charge < -0.3 is 10.5 Å². The molecule has 2 N–H and O–H groups in total. The van der Waals surface area contributed by atoms with Crippen LogP contribution in [0.1, 0.15) is 30.4 Å². The van der Waals surface area contributed by atoms with Crippen LogP contribution in [0.25, 0.3) is 0 Å². The van der Waals surface area contributed by atoms with Crippen molar-refractivity contribution in [2.24, 2.45) is 5.73 Å². The predicted molar refractivity (Wildman–Crippen MR) is 67.3 cm³/mol. The van der Waals surface area contributed by atoms with Crippen LogP contribution in [0.3, 0.4) is 0 Å². The van der Waals surface area contributed by atoms with Crippen LogP contribution >= 0.6 is 0 Å². The van der Waals surface area contributed by atoms with Gasteiger partial charge in [0.25, 0.3) is 0 Å². The van der Waals surface area contributed by atoms with Crippen LogP contribution in [0.5, 0.6) is 5.75 Å². The smallest absolute Gasteiger partial charge is 0.133 e. The quantitative estimate of drug-likeness (QED) is 0.816. The number of aryl methyl sites for hydroxylation is 1. The van der Waals surface area contributed by atoms with Crippen molar-refractivity contribution in [1.82, 2.24) is 0 Å². The van der Waals surface area contributed by atoms with Crippen molar-refractivity contribution in [3.63, 3.8) is 0 Å². The summed E-state index contributed by atoms with van der Waals surface area (Å²) in [6.07, 6.45) is 3.86. The Morgan fingerprint density at radius 3 is 3.06 bits per heavy atom. The van der Waals surface area contributed by atoms with Gasteiger partial charge in [0.2, 0.25) is 0 Å². The van der Waals surface area contributed by atoms with E-state index in [2.05, 4.69) is 12.1 Å². The molecule has 0 aliphatic carbocycles. The van der Waals surface area contributed by atoms with E-state index in [4.69, 9.17) is 10.5 Å². The lowest BCUT2D eigenvalue weighted by molar-refractivity contribution is -0.119. The van der Waals surface area contributed by atoms with Crippen molar-refractivity contribution in [2.75, 3.05) is 13.2 Å². The lowest BCUT2D eigenvalue weighted by atomic mass is 10.0. The van der Waals surface area contributed by atoms with Gasteiger partial charge in [0.05, 0.1) is 6.61 Å². The highest BCUT2D eigenvalue weighted by Gasteiger charge is 2.12. The van der Waals surface area contributed by atoms with Gasteiger partial charge in [-0.15, -0.1) is 0 Å². The maximum Gasteiger partial charge on any atom is 0.133 e. The van der Waals surface area contributed by atoms with Crippen LogP contribution in [0, 0.1) is 0 Å². The maximum absolute atomic E-state index is 11.5. The molecule has 17 heavy (non-hydrogen) atoms. The highest BCUT2D eigenvalue weighted by Crippen LogP contribution is 2.26. The molecule has 0 saturated heterocycles. The molecule has 3 heteroatoms. The maximum atomic E-state index is 11.5. The second kappa shape index (κ2) is 5.82. The molecule has 0 atom stereocenters. The van der Waals surface area contributed by atoms with Crippen molar-refractivity contribution < 1.29 is 9.53 Å². The third kappa shape index (κ3) is 3.30. The van der Waals surface area contributed by atoms with Gasteiger partial charge >= 0.3 is 0 Å². The Kier molecular flexibility index (Phi) is 4.15. The number of fused-ring (bicyclic) bond motifs is 1. The van der Waals surface area contributed by atoms with E-state index >= 15 is 0 Å². The fraction of sp³-hybridized carbons (Fsp3) is 0.500. The van der Waals surface area contributed by atoms with Crippen molar-refractivity contribution >= 4 is 5.78 Å². The SMILES string of the molecule is NCCCC(=O)CCc1ccc2c(c1)CCO2. The molecule has 0 bridgehead atoms. The number of benzene rings is 1. The van der Waals surface area contributed by atoms with Crippen LogP contribution in [0.15, 0.2) is 18.2 Å². The highest BCUT2D eigenvalue weighted by molar-refractivity contribution is 5.78. The Morgan fingerprint density at radius 1 is 1.35 bits per heavy atom. The Labute approximate surface area is 102 Å². The number of carbonyl (C=O) groups excluding carboxylic acids is 1. The van der Waals surface area contributed by atoms with Crippen LogP contribution in [-0.2, 0) is 17.6 Å². The summed E-state index contributed by atoms with van der Waals surface area (Å²) in [5, 5.41) is 0. The molecule has 0 spiro atoms. The number of carbonyl (C=O) groups is 1. The van der Waals surface area contributed by atoms with Gasteiger partial charge in [-0.2, -0.15) is 0 Å². The Hall–Kier alpha value is -1.35. The van der Waals surface area contributed by atoms with Crippen LogP contribution in [0.4, 0.5) is 0 Å². The Bertz CT molecular complexity index is 401. The molecule has 92 valence electrons. The molecule has 2 rings (SSSR count). The van der Waals surface area contributed by atoms with Gasteiger partial charge in [0.1, 0.15) is 11.5 Å². The second-order valence-corrected chi connectivity index (χ2v) is 4.47. The first kappa shape index (κ1) is 12.1. The van der Waals surface area contributed by atoms with Gasteiger partial charge in [-0.25, -0.2) is 0 Å². The van der Waals surface area contributed by atoms with Gasteiger partial charge in [0.15, 0.2) is 0 Å². The van der Waals surface area contributed by atoms with Gasteiger partial charge in [-0.3, -0.25) is 4.79 Å². The van der Waals surface area contributed by atoms with E-state index in [1.54, 1.807) is 0 Å². The predicted octanol–water partition coefficient (Wildman–Crippen LogP) is 1.86. The summed E-state index contributed by atoms with van der Waals surface area (Å²) in [6.45, 7) is 1.39. The molecule has 0 saturated carbocycles. The van der Waals surface area contributed by atoms with Gasteiger partial charge in [0, 0.05) is 19.3 Å². The van der Waals surface area contributed by atoms with Crippen LogP contribution < -0.4 is 10.5 Å². The molecule has 1 aromatic rings. The van der Waals surface area contributed by atoms with E-state index in [0.29, 0.717) is 25.2 Å². The van der Waals surface area contributed by atoms with E-state index in [1.165, 1.54) is 11.1 Å². The van der Waals surface area contributed by atoms with E-state index in [9.17, 15) is 4.79 Å². The number of rotatable bonds is 6. The topological polar surface area (TPSA) is 52.3 Å². The number of Topliss-reactive ketones (excluding diaryl/α,β-unsaturated/α-hetero) is 1. The monoisotopic (exact) mass is 233 g/mol. The fourth-order valence-corrected chi connectivity index (χ4v) is 2.10. The van der Waals surface area contributed by atoms with Crippen LogP contribution in [0.2, 0.25) is 0 Å². The molecular formula is C14H19NO2. The minimum atomic E-state index is 0.312. The summed E-state index contributed by atoms with van der Waals surface area (Å²) >= 11 is 0. The lowest BCUT2D eigenvalue weighted by Crippen LogP contribution is -2.05. The van der Waals surface area contributed by atoms with E-state index in [-0.39, 0.29) is 0 Å². The van der Waals surface area contributed by atoms with Gasteiger partial charge in [-0.05, 0) is 36.6 Å². The number of ether oxygens (including phenoxy) is 1. The zero-order valence-corrected chi connectivity index (χ0v) is 10.1. The largest absolute Gasteiger partial charge is 0.493 e. The average molecular weight is 233 g/mol. The summed E-state index contributed by atoms with van der Waals surface area (Å²) in [6, 6.07) is 6.24.